The van der Waals surface area contributed by atoms with E-state index >= 15 is 0 Å². The summed E-state index contributed by atoms with van der Waals surface area (Å²) >= 11 is 0. The van der Waals surface area contributed by atoms with Gasteiger partial charge in [-0.2, -0.15) is 23.0 Å². The topological polar surface area (TPSA) is 65.4 Å². The Balaban J connectivity index is 2.03. The van der Waals surface area contributed by atoms with Crippen molar-refractivity contribution in [3.05, 3.63) is 57.9 Å². The average molecular weight is 427 g/mol. The largest absolute Gasteiger partial charge is 0.497 e. The highest BCUT2D eigenvalue weighted by Gasteiger charge is 2.35. The molecule has 0 aliphatic carbocycles. The molecule has 0 bridgehead atoms. The number of nitrogens with one attached hydrogen (secondary N) is 1. The second-order valence-corrected chi connectivity index (χ2v) is 6.97. The lowest BCUT2D eigenvalue weighted by Gasteiger charge is -2.17. The van der Waals surface area contributed by atoms with Gasteiger partial charge in [0.25, 0.3) is 5.56 Å². The number of hydrogen-bond donors (Lipinski definition) is 1. The Morgan fingerprint density at radius 3 is 2.39 bits per heavy atom. The van der Waals surface area contributed by atoms with Gasteiger partial charge in [0.05, 0.1) is 31.2 Å². The molecule has 10 heteroatoms. The van der Waals surface area contributed by atoms with Crippen molar-refractivity contribution in [2.75, 3.05) is 26.1 Å². The zero-order valence-electron chi connectivity index (χ0n) is 16.7. The third-order valence-corrected chi connectivity index (χ3v) is 5.05. The first-order valence-electron chi connectivity index (χ1n) is 9.33. The van der Waals surface area contributed by atoms with Crippen molar-refractivity contribution in [2.24, 2.45) is 0 Å². The maximum Gasteiger partial charge on any atom is 0.418 e. The van der Waals surface area contributed by atoms with Crippen LogP contribution in [-0.4, -0.2) is 38.4 Å². The zero-order chi connectivity index (χ0) is 22.3. The second-order valence-electron chi connectivity index (χ2n) is 6.97. The number of methoxy groups -OCH3 is 2. The summed E-state index contributed by atoms with van der Waals surface area (Å²) in [7, 11) is 8.71. The van der Waals surface area contributed by atoms with Crippen LogP contribution in [0.5, 0.6) is 11.5 Å². The minimum Gasteiger partial charge on any atom is -0.497 e. The van der Waals surface area contributed by atoms with Crippen molar-refractivity contribution in [1.29, 1.82) is 0 Å². The fraction of sp³-hybridized carbons (Fsp3) is 0.238. The standard InChI is InChI=1S/C21H17BF3N3O3/c1-30-13-7-11(8-14(10-13)31-2)18-15-5-6-26-19(15)20(29)28(27-18)17-9-12(22)3-4-16(17)21(23,24)25/h3-4,7-10,26H,5-6H2,1-2H3. The molecule has 0 saturated carbocycles. The van der Waals surface area contributed by atoms with Crippen LogP contribution >= 0.6 is 0 Å². The molecule has 0 saturated heterocycles. The van der Waals surface area contributed by atoms with Crippen LogP contribution in [0.3, 0.4) is 0 Å². The molecular formula is C21H17BF3N3O3. The van der Waals surface area contributed by atoms with Gasteiger partial charge in [0, 0.05) is 23.7 Å². The molecule has 3 aromatic rings. The molecule has 2 radical (unpaired) electrons. The smallest absolute Gasteiger partial charge is 0.418 e. The molecule has 0 spiro atoms. The van der Waals surface area contributed by atoms with Crippen molar-refractivity contribution in [1.82, 2.24) is 9.78 Å². The molecule has 2 heterocycles. The first kappa shape index (κ1) is 20.8. The van der Waals surface area contributed by atoms with E-state index < -0.39 is 23.0 Å². The van der Waals surface area contributed by atoms with Crippen LogP contribution < -0.4 is 25.8 Å². The minimum absolute atomic E-state index is 0.0785. The van der Waals surface area contributed by atoms with E-state index in [-0.39, 0.29) is 11.2 Å². The number of halogens is 3. The second kappa shape index (κ2) is 7.68. The summed E-state index contributed by atoms with van der Waals surface area (Å²) in [5, 5.41) is 7.32. The van der Waals surface area contributed by atoms with E-state index in [0.717, 1.165) is 22.9 Å². The summed E-state index contributed by atoms with van der Waals surface area (Å²) in [6, 6.07) is 8.10. The molecule has 2 aromatic carbocycles. The number of rotatable bonds is 4. The van der Waals surface area contributed by atoms with Gasteiger partial charge in [0.1, 0.15) is 25.0 Å². The minimum atomic E-state index is -4.70. The predicted molar refractivity (Wildman–Crippen MR) is 111 cm³/mol. The monoisotopic (exact) mass is 427 g/mol. The maximum atomic E-state index is 13.7. The number of alkyl halides is 3. The van der Waals surface area contributed by atoms with Gasteiger partial charge in [-0.25, -0.2) is 0 Å². The van der Waals surface area contributed by atoms with Crippen LogP contribution in [0, 0.1) is 0 Å². The van der Waals surface area contributed by atoms with Gasteiger partial charge in [0.15, 0.2) is 0 Å². The lowest BCUT2D eigenvalue weighted by Crippen LogP contribution is -2.28. The molecule has 6 nitrogen and oxygen atoms in total. The number of anilines is 1. The Kier molecular flexibility index (Phi) is 5.16. The fourth-order valence-corrected chi connectivity index (χ4v) is 3.60. The number of hydrogen-bond acceptors (Lipinski definition) is 5. The van der Waals surface area contributed by atoms with Gasteiger partial charge >= 0.3 is 6.18 Å². The Labute approximate surface area is 177 Å². The van der Waals surface area contributed by atoms with Gasteiger partial charge in [-0.05, 0) is 30.7 Å². The van der Waals surface area contributed by atoms with Crippen molar-refractivity contribution >= 4 is 19.0 Å². The van der Waals surface area contributed by atoms with Gasteiger partial charge in [-0.3, -0.25) is 4.79 Å². The molecule has 4 rings (SSSR count). The molecule has 0 amide bonds. The first-order valence-corrected chi connectivity index (χ1v) is 9.33. The normalized spacial score (nSPS) is 12.9. The van der Waals surface area contributed by atoms with E-state index in [9.17, 15) is 18.0 Å². The van der Waals surface area contributed by atoms with Gasteiger partial charge in [0.2, 0.25) is 0 Å². The molecule has 0 atom stereocenters. The summed E-state index contributed by atoms with van der Waals surface area (Å²) in [4.78, 5) is 13.1. The van der Waals surface area contributed by atoms with Gasteiger partial charge < -0.3 is 14.8 Å². The van der Waals surface area contributed by atoms with Crippen molar-refractivity contribution in [3.63, 3.8) is 0 Å². The summed E-state index contributed by atoms with van der Waals surface area (Å²) in [6.07, 6.45) is -4.20. The first-order chi connectivity index (χ1) is 14.7. The summed E-state index contributed by atoms with van der Waals surface area (Å²) in [6.45, 7) is 0.466. The Morgan fingerprint density at radius 2 is 1.77 bits per heavy atom. The molecule has 1 N–H and O–H groups in total. The third kappa shape index (κ3) is 3.73. The molecule has 0 fully saturated rings. The Morgan fingerprint density at radius 1 is 1.10 bits per heavy atom. The summed E-state index contributed by atoms with van der Waals surface area (Å²) in [5.41, 5.74) is -0.323. The van der Waals surface area contributed by atoms with E-state index in [4.69, 9.17) is 17.3 Å². The number of fused-ring (bicyclic) bond motifs is 1. The molecule has 0 unspecified atom stereocenters. The SMILES string of the molecule is [B]c1ccc(C(F)(F)F)c(-n2nc(-c3cc(OC)cc(OC)c3)c3c(c2=O)NCC3)c1. The van der Waals surface area contributed by atoms with Crippen LogP contribution in [0.15, 0.2) is 41.2 Å². The van der Waals surface area contributed by atoms with E-state index in [0.29, 0.717) is 41.3 Å². The molecule has 1 aromatic heterocycles. The highest BCUT2D eigenvalue weighted by Crippen LogP contribution is 2.36. The van der Waals surface area contributed by atoms with Gasteiger partial charge in [-0.1, -0.05) is 11.5 Å². The predicted octanol–water partition coefficient (Wildman–Crippen LogP) is 2.70. The number of ether oxygens (including phenoxy) is 2. The Bertz CT molecular complexity index is 1200. The summed E-state index contributed by atoms with van der Waals surface area (Å²) in [5.74, 6) is 0.960. The summed E-state index contributed by atoms with van der Waals surface area (Å²) < 4.78 is 52.3. The van der Waals surface area contributed by atoms with Crippen LogP contribution in [0.4, 0.5) is 18.9 Å². The van der Waals surface area contributed by atoms with Crippen molar-refractivity contribution in [3.8, 4) is 28.4 Å². The highest BCUT2D eigenvalue weighted by molar-refractivity contribution is 6.32. The van der Waals surface area contributed by atoms with Crippen LogP contribution in [0.2, 0.25) is 0 Å². The third-order valence-electron chi connectivity index (χ3n) is 5.05. The molecule has 1 aliphatic heterocycles. The van der Waals surface area contributed by atoms with Gasteiger partial charge in [-0.15, -0.1) is 0 Å². The van der Waals surface area contributed by atoms with E-state index in [2.05, 4.69) is 10.4 Å². The number of benzene rings is 2. The number of aromatic nitrogens is 2. The van der Waals surface area contributed by atoms with Crippen LogP contribution in [0.25, 0.3) is 16.9 Å². The van der Waals surface area contributed by atoms with E-state index in [1.54, 1.807) is 18.2 Å². The molecule has 1 aliphatic rings. The number of nitrogens with zero attached hydrogens (tertiary/aromatic N) is 2. The maximum absolute atomic E-state index is 13.7. The van der Waals surface area contributed by atoms with Crippen LogP contribution in [-0.2, 0) is 12.6 Å². The van der Waals surface area contributed by atoms with E-state index in [1.165, 1.54) is 14.2 Å². The zero-order valence-corrected chi connectivity index (χ0v) is 16.7. The van der Waals surface area contributed by atoms with E-state index in [1.807, 2.05) is 0 Å². The lowest BCUT2D eigenvalue weighted by molar-refractivity contribution is -0.137. The van der Waals surface area contributed by atoms with Crippen LogP contribution in [0.1, 0.15) is 11.1 Å². The molecule has 31 heavy (non-hydrogen) atoms. The highest BCUT2D eigenvalue weighted by atomic mass is 19.4. The average Bonchev–Trinajstić information content (AvgIpc) is 3.23. The van der Waals surface area contributed by atoms with Crippen molar-refractivity contribution in [2.45, 2.75) is 12.6 Å². The van der Waals surface area contributed by atoms with Crippen molar-refractivity contribution < 1.29 is 22.6 Å². The Hall–Kier alpha value is -3.43. The lowest BCUT2D eigenvalue weighted by atomic mass is 9.94. The quantitative estimate of drug-likeness (QED) is 0.649. The molecular weight excluding hydrogens is 410 g/mol. The fourth-order valence-electron chi connectivity index (χ4n) is 3.60. The molecule has 158 valence electrons.